The van der Waals surface area contributed by atoms with E-state index in [1.165, 1.54) is 0 Å². The van der Waals surface area contributed by atoms with Gasteiger partial charge < -0.3 is 10.7 Å². The van der Waals surface area contributed by atoms with Gasteiger partial charge in [0.15, 0.2) is 0 Å². The number of aromatic nitrogens is 1. The van der Waals surface area contributed by atoms with Gasteiger partial charge in [-0.05, 0) is 24.1 Å². The van der Waals surface area contributed by atoms with Crippen molar-refractivity contribution in [2.45, 2.75) is 19.4 Å². The van der Waals surface area contributed by atoms with Gasteiger partial charge in [-0.2, -0.15) is 0 Å². The molecule has 0 aliphatic carbocycles. The number of pyridine rings is 1. The van der Waals surface area contributed by atoms with Crippen molar-refractivity contribution < 1.29 is 4.79 Å². The SMILES string of the molecule is CCC(NC(=O)c1ccnc(NN)c1)c1ccccc1. The first-order chi connectivity index (χ1) is 9.74. The van der Waals surface area contributed by atoms with Crippen molar-refractivity contribution in [3.8, 4) is 0 Å². The monoisotopic (exact) mass is 270 g/mol. The number of amides is 1. The lowest BCUT2D eigenvalue weighted by atomic mass is 10.0. The van der Waals surface area contributed by atoms with Crippen LogP contribution in [0, 0.1) is 0 Å². The highest BCUT2D eigenvalue weighted by Crippen LogP contribution is 2.17. The van der Waals surface area contributed by atoms with E-state index in [0.29, 0.717) is 11.4 Å². The lowest BCUT2D eigenvalue weighted by Crippen LogP contribution is -2.28. The summed E-state index contributed by atoms with van der Waals surface area (Å²) in [7, 11) is 0. The van der Waals surface area contributed by atoms with E-state index in [4.69, 9.17) is 5.84 Å². The molecule has 0 spiro atoms. The summed E-state index contributed by atoms with van der Waals surface area (Å²) in [6.07, 6.45) is 2.37. The highest BCUT2D eigenvalue weighted by Gasteiger charge is 2.14. The average molecular weight is 270 g/mol. The molecular formula is C15H18N4O. The van der Waals surface area contributed by atoms with Crippen molar-refractivity contribution in [1.82, 2.24) is 10.3 Å². The third-order valence-electron chi connectivity index (χ3n) is 3.09. The number of nitrogen functional groups attached to an aromatic ring is 1. The summed E-state index contributed by atoms with van der Waals surface area (Å²) in [5, 5.41) is 3.02. The van der Waals surface area contributed by atoms with Gasteiger partial charge in [0.1, 0.15) is 5.82 Å². The fraction of sp³-hybridized carbons (Fsp3) is 0.200. The average Bonchev–Trinajstić information content (AvgIpc) is 2.53. The smallest absolute Gasteiger partial charge is 0.251 e. The second kappa shape index (κ2) is 6.68. The van der Waals surface area contributed by atoms with Crippen molar-refractivity contribution >= 4 is 11.7 Å². The zero-order valence-electron chi connectivity index (χ0n) is 11.3. The molecular weight excluding hydrogens is 252 g/mol. The minimum atomic E-state index is -0.139. The van der Waals surface area contributed by atoms with E-state index >= 15 is 0 Å². The molecule has 104 valence electrons. The number of rotatable bonds is 5. The molecule has 1 heterocycles. The molecule has 1 amide bonds. The fourth-order valence-corrected chi connectivity index (χ4v) is 2.00. The molecule has 1 atom stereocenters. The number of nitrogens with one attached hydrogen (secondary N) is 2. The first-order valence-electron chi connectivity index (χ1n) is 6.53. The molecule has 0 bridgehead atoms. The van der Waals surface area contributed by atoms with Gasteiger partial charge in [0.05, 0.1) is 6.04 Å². The Hall–Kier alpha value is -2.40. The molecule has 5 nitrogen and oxygen atoms in total. The normalized spacial score (nSPS) is 11.7. The predicted molar refractivity (Wildman–Crippen MR) is 79.0 cm³/mol. The Bertz CT molecular complexity index is 571. The summed E-state index contributed by atoms with van der Waals surface area (Å²) in [5.41, 5.74) is 4.05. The minimum Gasteiger partial charge on any atom is -0.345 e. The van der Waals surface area contributed by atoms with Crippen molar-refractivity contribution in [3.63, 3.8) is 0 Å². The number of carbonyl (C=O) groups excluding carboxylic acids is 1. The zero-order chi connectivity index (χ0) is 14.4. The van der Waals surface area contributed by atoms with Gasteiger partial charge in [0.2, 0.25) is 0 Å². The minimum absolute atomic E-state index is 0.00819. The molecule has 4 N–H and O–H groups in total. The molecule has 1 aromatic heterocycles. The molecule has 0 aliphatic heterocycles. The molecule has 2 aromatic rings. The number of hydrogen-bond donors (Lipinski definition) is 3. The molecule has 0 saturated carbocycles. The number of benzene rings is 1. The van der Waals surface area contributed by atoms with Crippen LogP contribution in [-0.2, 0) is 0 Å². The summed E-state index contributed by atoms with van der Waals surface area (Å²) in [6, 6.07) is 13.2. The van der Waals surface area contributed by atoms with Crippen LogP contribution in [0.2, 0.25) is 0 Å². The summed E-state index contributed by atoms with van der Waals surface area (Å²) >= 11 is 0. The Kier molecular flexibility index (Phi) is 4.68. The van der Waals surface area contributed by atoms with Crippen LogP contribution in [-0.4, -0.2) is 10.9 Å². The molecule has 5 heteroatoms. The number of hydrogen-bond acceptors (Lipinski definition) is 4. The Labute approximate surface area is 118 Å². The number of nitrogens with zero attached hydrogens (tertiary/aromatic N) is 1. The van der Waals surface area contributed by atoms with Gasteiger partial charge in [-0.1, -0.05) is 37.3 Å². The van der Waals surface area contributed by atoms with Crippen molar-refractivity contribution in [2.24, 2.45) is 5.84 Å². The van der Waals surface area contributed by atoms with Crippen LogP contribution in [0.3, 0.4) is 0 Å². The summed E-state index contributed by atoms with van der Waals surface area (Å²) in [6.45, 7) is 2.04. The van der Waals surface area contributed by atoms with E-state index in [1.807, 2.05) is 37.3 Å². The highest BCUT2D eigenvalue weighted by atomic mass is 16.1. The van der Waals surface area contributed by atoms with Gasteiger partial charge in [-0.3, -0.25) is 4.79 Å². The number of carbonyl (C=O) groups is 1. The van der Waals surface area contributed by atoms with Gasteiger partial charge in [0, 0.05) is 11.8 Å². The van der Waals surface area contributed by atoms with E-state index in [1.54, 1.807) is 18.3 Å². The van der Waals surface area contributed by atoms with E-state index in [2.05, 4.69) is 15.7 Å². The molecule has 0 saturated heterocycles. The van der Waals surface area contributed by atoms with E-state index in [-0.39, 0.29) is 11.9 Å². The third kappa shape index (κ3) is 3.33. The maximum absolute atomic E-state index is 12.2. The van der Waals surface area contributed by atoms with Crippen LogP contribution in [0.25, 0.3) is 0 Å². The lowest BCUT2D eigenvalue weighted by molar-refractivity contribution is 0.0935. The van der Waals surface area contributed by atoms with Gasteiger partial charge in [0.25, 0.3) is 5.91 Å². The second-order valence-electron chi connectivity index (χ2n) is 4.42. The first-order valence-corrected chi connectivity index (χ1v) is 6.53. The van der Waals surface area contributed by atoms with Crippen molar-refractivity contribution in [2.75, 3.05) is 5.43 Å². The topological polar surface area (TPSA) is 80.0 Å². The standard InChI is InChI=1S/C15H18N4O/c1-2-13(11-6-4-3-5-7-11)18-15(20)12-8-9-17-14(10-12)19-16/h3-10,13H,2,16H2,1H3,(H,17,19)(H,18,20). The summed E-state index contributed by atoms with van der Waals surface area (Å²) in [5.74, 6) is 5.62. The quantitative estimate of drug-likeness (QED) is 0.575. The van der Waals surface area contributed by atoms with Crippen LogP contribution in [0.5, 0.6) is 0 Å². The van der Waals surface area contributed by atoms with Crippen molar-refractivity contribution in [3.05, 3.63) is 59.8 Å². The largest absolute Gasteiger partial charge is 0.345 e. The Morgan fingerprint density at radius 2 is 2.05 bits per heavy atom. The molecule has 0 fully saturated rings. The van der Waals surface area contributed by atoms with Gasteiger partial charge in [-0.15, -0.1) is 0 Å². The maximum atomic E-state index is 12.2. The van der Waals surface area contributed by atoms with Crippen LogP contribution >= 0.6 is 0 Å². The predicted octanol–water partition coefficient (Wildman–Crippen LogP) is 2.25. The molecule has 2 rings (SSSR count). The van der Waals surface area contributed by atoms with Crippen LogP contribution in [0.1, 0.15) is 35.3 Å². The molecule has 20 heavy (non-hydrogen) atoms. The van der Waals surface area contributed by atoms with Crippen LogP contribution in [0.4, 0.5) is 5.82 Å². The van der Waals surface area contributed by atoms with E-state index < -0.39 is 0 Å². The molecule has 1 unspecified atom stereocenters. The van der Waals surface area contributed by atoms with Gasteiger partial charge in [-0.25, -0.2) is 10.8 Å². The zero-order valence-corrected chi connectivity index (χ0v) is 11.3. The Balaban J connectivity index is 2.13. The third-order valence-corrected chi connectivity index (χ3v) is 3.09. The van der Waals surface area contributed by atoms with Crippen LogP contribution < -0.4 is 16.6 Å². The lowest BCUT2D eigenvalue weighted by Gasteiger charge is -2.17. The molecule has 0 radical (unpaired) electrons. The maximum Gasteiger partial charge on any atom is 0.251 e. The molecule has 1 aromatic carbocycles. The Morgan fingerprint density at radius 1 is 1.30 bits per heavy atom. The van der Waals surface area contributed by atoms with E-state index in [0.717, 1.165) is 12.0 Å². The fourth-order valence-electron chi connectivity index (χ4n) is 2.00. The van der Waals surface area contributed by atoms with Crippen LogP contribution in [0.15, 0.2) is 48.7 Å². The number of nitrogens with two attached hydrogens (primary N) is 1. The number of hydrazine groups is 1. The highest BCUT2D eigenvalue weighted by molar-refractivity contribution is 5.95. The molecule has 0 aliphatic rings. The second-order valence-corrected chi connectivity index (χ2v) is 4.42. The number of anilines is 1. The summed E-state index contributed by atoms with van der Waals surface area (Å²) < 4.78 is 0. The van der Waals surface area contributed by atoms with Crippen molar-refractivity contribution in [1.29, 1.82) is 0 Å². The van der Waals surface area contributed by atoms with E-state index in [9.17, 15) is 4.79 Å². The summed E-state index contributed by atoms with van der Waals surface area (Å²) in [4.78, 5) is 16.2. The van der Waals surface area contributed by atoms with Gasteiger partial charge >= 0.3 is 0 Å². The first kappa shape index (κ1) is 14.0. The Morgan fingerprint density at radius 3 is 2.70 bits per heavy atom.